The van der Waals surface area contributed by atoms with Gasteiger partial charge in [0.05, 0.1) is 0 Å². The molecule has 12 heavy (non-hydrogen) atoms. The molecule has 1 N–H and O–H groups in total. The Bertz CT molecular complexity index is 97.6. The predicted molar refractivity (Wildman–Crippen MR) is 54.0 cm³/mol. The molecule has 0 aromatic rings. The fraction of sp³-hybridized carbons (Fsp3) is 1.00. The lowest BCUT2D eigenvalue weighted by molar-refractivity contribution is 0.139. The molecule has 0 saturated carbocycles. The average Bonchev–Trinajstić information content (AvgIpc) is 2.12. The topological polar surface area (TPSA) is 20.2 Å². The summed E-state index contributed by atoms with van der Waals surface area (Å²) in [5, 5.41) is 9.01. The Morgan fingerprint density at radius 2 is 1.33 bits per heavy atom. The first-order valence-electron chi connectivity index (χ1n) is 5.15. The molecule has 0 heterocycles. The molecule has 0 aliphatic heterocycles. The molecule has 0 spiro atoms. The van der Waals surface area contributed by atoms with Crippen molar-refractivity contribution in [3.8, 4) is 0 Å². The van der Waals surface area contributed by atoms with Gasteiger partial charge >= 0.3 is 0 Å². The van der Waals surface area contributed by atoms with Crippen LogP contribution in [0.4, 0.5) is 0 Å². The highest BCUT2D eigenvalue weighted by Crippen LogP contribution is 2.28. The fourth-order valence-electron chi connectivity index (χ4n) is 1.57. The average molecular weight is 172 g/mol. The van der Waals surface area contributed by atoms with E-state index in [9.17, 15) is 0 Å². The summed E-state index contributed by atoms with van der Waals surface area (Å²) in [5.74, 6) is 2.56. The predicted octanol–water partition coefficient (Wildman–Crippen LogP) is 2.93. The molecule has 0 aliphatic carbocycles. The molecule has 0 amide bonds. The molecule has 0 fully saturated rings. The van der Waals surface area contributed by atoms with Crippen LogP contribution in [-0.4, -0.2) is 11.7 Å². The van der Waals surface area contributed by atoms with Crippen molar-refractivity contribution in [2.75, 3.05) is 6.61 Å². The SMILES string of the molecule is CCC(C)C(C)C(C)C(C)CO. The maximum Gasteiger partial charge on any atom is 0.0459 e. The zero-order chi connectivity index (χ0) is 9.72. The van der Waals surface area contributed by atoms with Gasteiger partial charge in [-0.05, 0) is 23.7 Å². The monoisotopic (exact) mass is 172 g/mol. The Hall–Kier alpha value is -0.0400. The van der Waals surface area contributed by atoms with E-state index in [1.54, 1.807) is 0 Å². The number of rotatable bonds is 5. The molecule has 0 aliphatic rings. The lowest BCUT2D eigenvalue weighted by atomic mass is 9.78. The largest absolute Gasteiger partial charge is 0.396 e. The molecular formula is C11H24O. The van der Waals surface area contributed by atoms with Crippen molar-refractivity contribution in [2.45, 2.75) is 41.0 Å². The van der Waals surface area contributed by atoms with Crippen LogP contribution in [0.25, 0.3) is 0 Å². The maximum absolute atomic E-state index is 9.01. The molecule has 0 aromatic carbocycles. The molecule has 0 aromatic heterocycles. The van der Waals surface area contributed by atoms with E-state index in [0.717, 1.165) is 11.8 Å². The standard InChI is InChI=1S/C11H24O/c1-6-8(2)10(4)11(5)9(3)7-12/h8-12H,6-7H2,1-5H3. The lowest BCUT2D eigenvalue weighted by Crippen LogP contribution is -2.23. The molecule has 4 unspecified atom stereocenters. The van der Waals surface area contributed by atoms with E-state index in [-0.39, 0.29) is 0 Å². The summed E-state index contributed by atoms with van der Waals surface area (Å²) in [6.45, 7) is 11.5. The zero-order valence-electron chi connectivity index (χ0n) is 9.17. The fourth-order valence-corrected chi connectivity index (χ4v) is 1.57. The maximum atomic E-state index is 9.01. The van der Waals surface area contributed by atoms with E-state index in [1.165, 1.54) is 6.42 Å². The van der Waals surface area contributed by atoms with E-state index in [1.807, 2.05) is 0 Å². The van der Waals surface area contributed by atoms with Gasteiger partial charge < -0.3 is 5.11 Å². The van der Waals surface area contributed by atoms with E-state index in [2.05, 4.69) is 34.6 Å². The Kier molecular flexibility index (Phi) is 5.56. The van der Waals surface area contributed by atoms with Gasteiger partial charge in [-0.2, -0.15) is 0 Å². The van der Waals surface area contributed by atoms with Gasteiger partial charge in [0, 0.05) is 6.61 Å². The molecule has 0 radical (unpaired) electrons. The van der Waals surface area contributed by atoms with Crippen LogP contribution < -0.4 is 0 Å². The van der Waals surface area contributed by atoms with Crippen LogP contribution in [0.2, 0.25) is 0 Å². The first-order valence-corrected chi connectivity index (χ1v) is 5.15. The highest BCUT2D eigenvalue weighted by Gasteiger charge is 2.21. The lowest BCUT2D eigenvalue weighted by Gasteiger charge is -2.29. The van der Waals surface area contributed by atoms with Crippen molar-refractivity contribution < 1.29 is 5.11 Å². The third-order valence-electron chi connectivity index (χ3n) is 3.56. The van der Waals surface area contributed by atoms with Gasteiger partial charge in [-0.15, -0.1) is 0 Å². The van der Waals surface area contributed by atoms with Crippen molar-refractivity contribution in [3.63, 3.8) is 0 Å². The van der Waals surface area contributed by atoms with Crippen molar-refractivity contribution in [1.29, 1.82) is 0 Å². The van der Waals surface area contributed by atoms with E-state index >= 15 is 0 Å². The number of hydrogen-bond donors (Lipinski definition) is 1. The second-order valence-corrected chi connectivity index (χ2v) is 4.26. The normalized spacial score (nSPS) is 21.5. The Morgan fingerprint density at radius 3 is 1.67 bits per heavy atom. The summed E-state index contributed by atoms with van der Waals surface area (Å²) < 4.78 is 0. The minimum absolute atomic E-state index is 0.321. The minimum Gasteiger partial charge on any atom is -0.396 e. The van der Waals surface area contributed by atoms with Crippen LogP contribution in [0.5, 0.6) is 0 Å². The first-order chi connectivity index (χ1) is 5.54. The van der Waals surface area contributed by atoms with E-state index < -0.39 is 0 Å². The van der Waals surface area contributed by atoms with Crippen LogP contribution in [0.1, 0.15) is 41.0 Å². The summed E-state index contributed by atoms with van der Waals surface area (Å²) >= 11 is 0. The smallest absolute Gasteiger partial charge is 0.0459 e. The van der Waals surface area contributed by atoms with Gasteiger partial charge in [0.1, 0.15) is 0 Å². The third kappa shape index (κ3) is 3.14. The zero-order valence-corrected chi connectivity index (χ0v) is 9.17. The van der Waals surface area contributed by atoms with Gasteiger partial charge in [-0.3, -0.25) is 0 Å². The molecule has 1 heteroatoms. The molecule has 74 valence electrons. The second kappa shape index (κ2) is 5.58. The van der Waals surface area contributed by atoms with Gasteiger partial charge in [0.2, 0.25) is 0 Å². The highest BCUT2D eigenvalue weighted by atomic mass is 16.3. The Morgan fingerprint density at radius 1 is 0.917 bits per heavy atom. The van der Waals surface area contributed by atoms with Gasteiger partial charge in [0.15, 0.2) is 0 Å². The van der Waals surface area contributed by atoms with Crippen LogP contribution in [-0.2, 0) is 0 Å². The summed E-state index contributed by atoms with van der Waals surface area (Å²) in [6.07, 6.45) is 1.24. The van der Waals surface area contributed by atoms with Crippen molar-refractivity contribution in [1.82, 2.24) is 0 Å². The summed E-state index contributed by atoms with van der Waals surface area (Å²) in [5.41, 5.74) is 0. The highest BCUT2D eigenvalue weighted by molar-refractivity contribution is 4.71. The molecule has 0 saturated heterocycles. The summed E-state index contributed by atoms with van der Waals surface area (Å²) in [6, 6.07) is 0. The van der Waals surface area contributed by atoms with Crippen LogP contribution in [0, 0.1) is 23.7 Å². The Balaban J connectivity index is 3.99. The molecular weight excluding hydrogens is 148 g/mol. The van der Waals surface area contributed by atoms with Crippen LogP contribution in [0.15, 0.2) is 0 Å². The Labute approximate surface area is 77.2 Å². The molecule has 1 nitrogen and oxygen atoms in total. The number of aliphatic hydroxyl groups is 1. The molecule has 0 bridgehead atoms. The minimum atomic E-state index is 0.321. The molecule has 0 rings (SSSR count). The van der Waals surface area contributed by atoms with Crippen molar-refractivity contribution in [3.05, 3.63) is 0 Å². The quantitative estimate of drug-likeness (QED) is 0.676. The summed E-state index contributed by atoms with van der Waals surface area (Å²) in [7, 11) is 0. The van der Waals surface area contributed by atoms with Crippen LogP contribution >= 0.6 is 0 Å². The van der Waals surface area contributed by atoms with Crippen LogP contribution in [0.3, 0.4) is 0 Å². The van der Waals surface area contributed by atoms with Crippen molar-refractivity contribution >= 4 is 0 Å². The summed E-state index contributed by atoms with van der Waals surface area (Å²) in [4.78, 5) is 0. The van der Waals surface area contributed by atoms with E-state index in [0.29, 0.717) is 18.4 Å². The second-order valence-electron chi connectivity index (χ2n) is 4.26. The third-order valence-corrected chi connectivity index (χ3v) is 3.56. The number of aliphatic hydroxyl groups excluding tert-OH is 1. The molecule has 4 atom stereocenters. The van der Waals surface area contributed by atoms with Gasteiger partial charge in [-0.25, -0.2) is 0 Å². The van der Waals surface area contributed by atoms with Crippen molar-refractivity contribution in [2.24, 2.45) is 23.7 Å². The van der Waals surface area contributed by atoms with Gasteiger partial charge in [0.25, 0.3) is 0 Å². The number of hydrogen-bond acceptors (Lipinski definition) is 1. The first kappa shape index (κ1) is 12.0. The van der Waals surface area contributed by atoms with Gasteiger partial charge in [-0.1, -0.05) is 41.0 Å². The van der Waals surface area contributed by atoms with E-state index in [4.69, 9.17) is 5.11 Å².